The summed E-state index contributed by atoms with van der Waals surface area (Å²) in [7, 11) is 0. The lowest BCUT2D eigenvalue weighted by Gasteiger charge is -1.94. The van der Waals surface area contributed by atoms with Crippen LogP contribution in [-0.2, 0) is 4.74 Å². The van der Waals surface area contributed by atoms with Gasteiger partial charge >= 0.3 is 0 Å². The van der Waals surface area contributed by atoms with Crippen LogP contribution in [0.2, 0.25) is 0 Å². The van der Waals surface area contributed by atoms with E-state index in [2.05, 4.69) is 18.9 Å². The van der Waals surface area contributed by atoms with Crippen molar-refractivity contribution in [1.82, 2.24) is 0 Å². The molecule has 0 aromatic carbocycles. The number of ether oxygens (including phenoxy) is 1. The molecule has 50 valence electrons. The van der Waals surface area contributed by atoms with E-state index in [1.807, 2.05) is 6.08 Å². The van der Waals surface area contributed by atoms with Crippen LogP contribution in [0.15, 0.2) is 31.2 Å². The van der Waals surface area contributed by atoms with Crippen LogP contribution >= 0.6 is 0 Å². The predicted molar refractivity (Wildman–Crippen MR) is 39.1 cm³/mol. The van der Waals surface area contributed by atoms with Gasteiger partial charge in [-0.05, 0) is 18.9 Å². The van der Waals surface area contributed by atoms with E-state index >= 15 is 0 Å². The van der Waals surface area contributed by atoms with E-state index in [0.717, 1.165) is 19.4 Å². The zero-order chi connectivity index (χ0) is 6.95. The zero-order valence-corrected chi connectivity index (χ0v) is 5.60. The molecule has 0 aliphatic rings. The highest BCUT2D eigenvalue weighted by Gasteiger charge is 1.79. The lowest BCUT2D eigenvalue weighted by molar-refractivity contribution is 0.247. The van der Waals surface area contributed by atoms with Gasteiger partial charge in [0.1, 0.15) is 0 Å². The molecular weight excluding hydrogens is 112 g/mol. The third-order valence-electron chi connectivity index (χ3n) is 0.873. The molecule has 0 saturated carbocycles. The average Bonchev–Trinajstić information content (AvgIpc) is 1.89. The van der Waals surface area contributed by atoms with Gasteiger partial charge in [-0.1, -0.05) is 13.2 Å². The van der Waals surface area contributed by atoms with Gasteiger partial charge in [0, 0.05) is 0 Å². The van der Waals surface area contributed by atoms with E-state index in [1.54, 1.807) is 0 Å². The lowest BCUT2D eigenvalue weighted by Crippen LogP contribution is -1.83. The number of rotatable bonds is 5. The standard InChI is InChI=1S/C8H12O/c1-3-5-6-7-8-9-4-2/h4-5H,1-2,6-8H2. The Bertz CT molecular complexity index is 110. The zero-order valence-electron chi connectivity index (χ0n) is 5.60. The first kappa shape index (κ1) is 8.06. The van der Waals surface area contributed by atoms with E-state index in [4.69, 9.17) is 4.74 Å². The molecule has 0 saturated heterocycles. The van der Waals surface area contributed by atoms with Crippen LogP contribution in [0.25, 0.3) is 0 Å². The molecular formula is C8H12O. The fourth-order valence-corrected chi connectivity index (χ4v) is 0.454. The minimum Gasteiger partial charge on any atom is -0.502 e. The highest BCUT2D eigenvalue weighted by molar-refractivity contribution is 4.74. The van der Waals surface area contributed by atoms with Crippen molar-refractivity contribution in [2.24, 2.45) is 0 Å². The Morgan fingerprint density at radius 3 is 2.89 bits per heavy atom. The number of hydrogen-bond donors (Lipinski definition) is 0. The van der Waals surface area contributed by atoms with Gasteiger partial charge in [-0.2, -0.15) is 0 Å². The molecule has 0 amide bonds. The maximum absolute atomic E-state index is 4.88. The van der Waals surface area contributed by atoms with E-state index < -0.39 is 0 Å². The Morgan fingerprint density at radius 1 is 1.56 bits per heavy atom. The summed E-state index contributed by atoms with van der Waals surface area (Å²) in [6.07, 6.45) is 5.34. The van der Waals surface area contributed by atoms with Crippen LogP contribution in [-0.4, -0.2) is 6.61 Å². The molecule has 1 nitrogen and oxygen atoms in total. The molecule has 9 heavy (non-hydrogen) atoms. The van der Waals surface area contributed by atoms with Gasteiger partial charge in [0.05, 0.1) is 12.9 Å². The van der Waals surface area contributed by atoms with Gasteiger partial charge in [-0.25, -0.2) is 0 Å². The van der Waals surface area contributed by atoms with Gasteiger partial charge in [-0.15, -0.1) is 5.73 Å². The van der Waals surface area contributed by atoms with Crippen molar-refractivity contribution in [3.63, 3.8) is 0 Å². The van der Waals surface area contributed by atoms with Crippen LogP contribution in [0.1, 0.15) is 12.8 Å². The highest BCUT2D eigenvalue weighted by atomic mass is 16.5. The van der Waals surface area contributed by atoms with Gasteiger partial charge in [0.15, 0.2) is 0 Å². The summed E-state index contributed by atoms with van der Waals surface area (Å²) in [6, 6.07) is 0. The summed E-state index contributed by atoms with van der Waals surface area (Å²) in [5, 5.41) is 0. The minimum atomic E-state index is 0.738. The maximum Gasteiger partial charge on any atom is 0.0876 e. The largest absolute Gasteiger partial charge is 0.502 e. The topological polar surface area (TPSA) is 9.23 Å². The van der Waals surface area contributed by atoms with Gasteiger partial charge in [0.25, 0.3) is 0 Å². The SMILES string of the molecule is C=C=CCCCOC=C. The van der Waals surface area contributed by atoms with Crippen molar-refractivity contribution in [2.45, 2.75) is 12.8 Å². The Hall–Kier alpha value is -0.940. The Morgan fingerprint density at radius 2 is 2.33 bits per heavy atom. The quantitative estimate of drug-likeness (QED) is 0.310. The molecule has 0 bridgehead atoms. The first-order valence-electron chi connectivity index (χ1n) is 2.98. The molecule has 0 rings (SSSR count). The second-order valence-electron chi connectivity index (χ2n) is 1.59. The van der Waals surface area contributed by atoms with Crippen LogP contribution in [0.4, 0.5) is 0 Å². The van der Waals surface area contributed by atoms with Crippen LogP contribution in [0.5, 0.6) is 0 Å². The maximum atomic E-state index is 4.88. The van der Waals surface area contributed by atoms with E-state index in [1.165, 1.54) is 6.26 Å². The molecule has 0 aliphatic heterocycles. The molecule has 0 aromatic rings. The predicted octanol–water partition coefficient (Wildman–Crippen LogP) is 2.27. The summed E-state index contributed by atoms with van der Waals surface area (Å²) < 4.78 is 4.88. The van der Waals surface area contributed by atoms with Gasteiger partial charge in [0.2, 0.25) is 0 Å². The molecule has 0 heterocycles. The molecule has 0 spiro atoms. The molecule has 0 atom stereocenters. The summed E-state index contributed by atoms with van der Waals surface area (Å²) in [4.78, 5) is 0. The van der Waals surface area contributed by atoms with Gasteiger partial charge in [-0.3, -0.25) is 0 Å². The second-order valence-corrected chi connectivity index (χ2v) is 1.59. The Kier molecular flexibility index (Phi) is 6.32. The monoisotopic (exact) mass is 124 g/mol. The molecule has 1 heteroatoms. The summed E-state index contributed by atoms with van der Waals surface area (Å²) in [5.74, 6) is 0. The lowest BCUT2D eigenvalue weighted by atomic mass is 10.3. The van der Waals surface area contributed by atoms with Gasteiger partial charge < -0.3 is 4.74 Å². The normalized spacial score (nSPS) is 7.56. The molecule has 0 N–H and O–H groups in total. The molecule has 0 radical (unpaired) electrons. The van der Waals surface area contributed by atoms with E-state index in [0.29, 0.717) is 0 Å². The van der Waals surface area contributed by atoms with E-state index in [-0.39, 0.29) is 0 Å². The average molecular weight is 124 g/mol. The minimum absolute atomic E-state index is 0.738. The first-order valence-corrected chi connectivity index (χ1v) is 2.98. The van der Waals surface area contributed by atoms with Crippen molar-refractivity contribution >= 4 is 0 Å². The Balaban J connectivity index is 2.90. The summed E-state index contributed by atoms with van der Waals surface area (Å²) >= 11 is 0. The smallest absolute Gasteiger partial charge is 0.0876 e. The van der Waals surface area contributed by atoms with Crippen LogP contribution in [0.3, 0.4) is 0 Å². The fraction of sp³-hybridized carbons (Fsp3) is 0.375. The fourth-order valence-electron chi connectivity index (χ4n) is 0.454. The van der Waals surface area contributed by atoms with Crippen molar-refractivity contribution in [3.8, 4) is 0 Å². The second kappa shape index (κ2) is 7.06. The third-order valence-corrected chi connectivity index (χ3v) is 0.873. The molecule has 0 unspecified atom stereocenters. The Labute approximate surface area is 56.3 Å². The van der Waals surface area contributed by atoms with Crippen molar-refractivity contribution < 1.29 is 4.74 Å². The van der Waals surface area contributed by atoms with Crippen LogP contribution in [0, 0.1) is 0 Å². The van der Waals surface area contributed by atoms with E-state index in [9.17, 15) is 0 Å². The summed E-state index contributed by atoms with van der Waals surface area (Å²) in [6.45, 7) is 7.59. The number of hydrogen-bond acceptors (Lipinski definition) is 1. The third kappa shape index (κ3) is 7.06. The number of allylic oxidation sites excluding steroid dienone is 1. The molecule has 0 aromatic heterocycles. The van der Waals surface area contributed by atoms with Crippen molar-refractivity contribution in [3.05, 3.63) is 31.2 Å². The number of unbranched alkanes of at least 4 members (excludes halogenated alkanes) is 1. The highest BCUT2D eigenvalue weighted by Crippen LogP contribution is 1.89. The van der Waals surface area contributed by atoms with Crippen LogP contribution < -0.4 is 0 Å². The molecule has 0 aliphatic carbocycles. The molecule has 0 fully saturated rings. The first-order chi connectivity index (χ1) is 4.41. The van der Waals surface area contributed by atoms with Crippen molar-refractivity contribution in [2.75, 3.05) is 6.61 Å². The van der Waals surface area contributed by atoms with Crippen molar-refractivity contribution in [1.29, 1.82) is 0 Å². The summed E-state index contributed by atoms with van der Waals surface area (Å²) in [5.41, 5.74) is 2.69.